The molecule has 1 aliphatic rings. The molecule has 1 amide bonds. The summed E-state index contributed by atoms with van der Waals surface area (Å²) in [6, 6.07) is 9.58. The van der Waals surface area contributed by atoms with Crippen molar-refractivity contribution in [2.45, 2.75) is 10.8 Å². The first-order chi connectivity index (χ1) is 11.5. The molecule has 1 saturated carbocycles. The van der Waals surface area contributed by atoms with Crippen molar-refractivity contribution in [3.63, 3.8) is 0 Å². The van der Waals surface area contributed by atoms with Gasteiger partial charge in [0.2, 0.25) is 5.91 Å². The van der Waals surface area contributed by atoms with E-state index >= 15 is 0 Å². The Morgan fingerprint density at radius 1 is 1.33 bits per heavy atom. The van der Waals surface area contributed by atoms with Crippen molar-refractivity contribution in [2.24, 2.45) is 5.92 Å². The Morgan fingerprint density at radius 3 is 2.71 bits per heavy atom. The van der Waals surface area contributed by atoms with Crippen molar-refractivity contribution in [3.8, 4) is 11.1 Å². The summed E-state index contributed by atoms with van der Waals surface area (Å²) in [5.74, 6) is -0.903. The third-order valence-electron chi connectivity index (χ3n) is 3.95. The molecule has 1 atom stereocenters. The fourth-order valence-corrected chi connectivity index (χ4v) is 3.95. The molecule has 0 radical (unpaired) electrons. The predicted octanol–water partition coefficient (Wildman–Crippen LogP) is 3.39. The van der Waals surface area contributed by atoms with E-state index in [1.807, 2.05) is 35.7 Å². The standard InChI is InChI=1S/C16H11Cl2N3O2S/c17-16(18)6-11(16)13(22)20-21-8-19-14-12(15(21)23)10(7-24-14)9-4-2-1-3-5-9/h1-5,7-8,11H,6H2,(H,20,22). The maximum Gasteiger partial charge on any atom is 0.281 e. The molecule has 4 rings (SSSR count). The zero-order valence-corrected chi connectivity index (χ0v) is 14.5. The fraction of sp³-hybridized carbons (Fsp3) is 0.188. The molecule has 122 valence electrons. The number of halogens is 2. The van der Waals surface area contributed by atoms with Gasteiger partial charge in [0, 0.05) is 10.9 Å². The maximum atomic E-state index is 12.8. The molecule has 2 heterocycles. The van der Waals surface area contributed by atoms with Crippen LogP contribution in [0.5, 0.6) is 0 Å². The van der Waals surface area contributed by atoms with E-state index < -0.39 is 10.3 Å². The van der Waals surface area contributed by atoms with Gasteiger partial charge >= 0.3 is 0 Å². The maximum absolute atomic E-state index is 12.8. The Hall–Kier alpha value is -1.89. The second-order valence-electron chi connectivity index (χ2n) is 5.61. The van der Waals surface area contributed by atoms with Crippen LogP contribution in [0, 0.1) is 5.92 Å². The number of amides is 1. The Morgan fingerprint density at radius 2 is 2.04 bits per heavy atom. The van der Waals surface area contributed by atoms with E-state index in [-0.39, 0.29) is 11.5 Å². The second-order valence-corrected chi connectivity index (χ2v) is 8.01. The first-order valence-electron chi connectivity index (χ1n) is 7.20. The molecule has 1 aliphatic carbocycles. The summed E-state index contributed by atoms with van der Waals surface area (Å²) < 4.78 is 0.0504. The molecule has 3 aromatic rings. The van der Waals surface area contributed by atoms with Crippen molar-refractivity contribution in [1.82, 2.24) is 9.66 Å². The van der Waals surface area contributed by atoms with Gasteiger partial charge in [-0.3, -0.25) is 15.0 Å². The number of hydrogen-bond donors (Lipinski definition) is 1. The Balaban J connectivity index is 1.75. The van der Waals surface area contributed by atoms with Gasteiger partial charge in [0.25, 0.3) is 5.56 Å². The smallest absolute Gasteiger partial charge is 0.273 e. The van der Waals surface area contributed by atoms with Crippen LogP contribution in [0.1, 0.15) is 6.42 Å². The molecular weight excluding hydrogens is 369 g/mol. The molecule has 0 saturated heterocycles. The van der Waals surface area contributed by atoms with Crippen LogP contribution < -0.4 is 11.0 Å². The SMILES string of the molecule is O=C(Nn1cnc2scc(-c3ccccc3)c2c1=O)C1CC1(Cl)Cl. The molecule has 8 heteroatoms. The largest absolute Gasteiger partial charge is 0.281 e. The van der Waals surface area contributed by atoms with E-state index in [4.69, 9.17) is 23.2 Å². The van der Waals surface area contributed by atoms with Crippen LogP contribution in [0.4, 0.5) is 0 Å². The van der Waals surface area contributed by atoms with Gasteiger partial charge in [-0.15, -0.1) is 34.5 Å². The highest BCUT2D eigenvalue weighted by Gasteiger charge is 2.56. The van der Waals surface area contributed by atoms with E-state index in [9.17, 15) is 9.59 Å². The number of benzene rings is 1. The van der Waals surface area contributed by atoms with Crippen molar-refractivity contribution >= 4 is 50.7 Å². The van der Waals surface area contributed by atoms with Crippen LogP contribution in [-0.2, 0) is 4.79 Å². The third kappa shape index (κ3) is 2.60. The lowest BCUT2D eigenvalue weighted by Crippen LogP contribution is -2.34. The molecule has 5 nitrogen and oxygen atoms in total. The molecule has 1 aromatic carbocycles. The number of rotatable bonds is 3. The quantitative estimate of drug-likeness (QED) is 0.709. The van der Waals surface area contributed by atoms with Crippen LogP contribution in [0.3, 0.4) is 0 Å². The Bertz CT molecular complexity index is 997. The summed E-state index contributed by atoms with van der Waals surface area (Å²) >= 11 is 13.2. The molecule has 0 aliphatic heterocycles. The highest BCUT2D eigenvalue weighted by atomic mass is 35.5. The van der Waals surface area contributed by atoms with Gasteiger partial charge in [-0.1, -0.05) is 30.3 Å². The van der Waals surface area contributed by atoms with Gasteiger partial charge < -0.3 is 0 Å². The Labute approximate surface area is 150 Å². The zero-order valence-electron chi connectivity index (χ0n) is 12.2. The van der Waals surface area contributed by atoms with Crippen LogP contribution in [0.2, 0.25) is 0 Å². The minimum atomic E-state index is -1.04. The van der Waals surface area contributed by atoms with Gasteiger partial charge in [0.15, 0.2) is 0 Å². The molecule has 1 fully saturated rings. The van der Waals surface area contributed by atoms with E-state index in [0.717, 1.165) is 15.8 Å². The number of fused-ring (bicyclic) bond motifs is 1. The highest BCUT2D eigenvalue weighted by molar-refractivity contribution is 7.17. The van der Waals surface area contributed by atoms with Gasteiger partial charge in [-0.2, -0.15) is 0 Å². The molecule has 0 bridgehead atoms. The normalized spacial score (nSPS) is 18.5. The van der Waals surface area contributed by atoms with E-state index in [2.05, 4.69) is 10.4 Å². The Kier molecular flexibility index (Phi) is 3.63. The summed E-state index contributed by atoms with van der Waals surface area (Å²) in [5.41, 5.74) is 3.92. The zero-order chi connectivity index (χ0) is 16.9. The summed E-state index contributed by atoms with van der Waals surface area (Å²) in [5, 5.41) is 2.37. The van der Waals surface area contributed by atoms with E-state index in [0.29, 0.717) is 16.6 Å². The number of aromatic nitrogens is 2. The van der Waals surface area contributed by atoms with Crippen molar-refractivity contribution < 1.29 is 4.79 Å². The number of nitrogens with one attached hydrogen (secondary N) is 1. The first kappa shape index (κ1) is 15.6. The van der Waals surface area contributed by atoms with Crippen molar-refractivity contribution in [1.29, 1.82) is 0 Å². The average molecular weight is 380 g/mol. The lowest BCUT2D eigenvalue weighted by atomic mass is 10.1. The molecule has 0 spiro atoms. The minimum absolute atomic E-state index is 0.330. The van der Waals surface area contributed by atoms with Gasteiger partial charge in [-0.25, -0.2) is 9.66 Å². The lowest BCUT2D eigenvalue weighted by Gasteiger charge is -2.08. The summed E-state index contributed by atoms with van der Waals surface area (Å²) in [6.45, 7) is 0. The number of hydrogen-bond acceptors (Lipinski definition) is 4. The first-order valence-corrected chi connectivity index (χ1v) is 8.84. The third-order valence-corrected chi connectivity index (χ3v) is 5.67. The number of carbonyl (C=O) groups excluding carboxylic acids is 1. The number of nitrogens with zero attached hydrogens (tertiary/aromatic N) is 2. The van der Waals surface area contributed by atoms with Gasteiger partial charge in [0.1, 0.15) is 15.5 Å². The minimum Gasteiger partial charge on any atom is -0.273 e. The average Bonchev–Trinajstić information content (AvgIpc) is 3.02. The second kappa shape index (κ2) is 5.58. The van der Waals surface area contributed by atoms with Crippen LogP contribution >= 0.6 is 34.5 Å². The predicted molar refractivity (Wildman–Crippen MR) is 96.2 cm³/mol. The highest BCUT2D eigenvalue weighted by Crippen LogP contribution is 2.53. The van der Waals surface area contributed by atoms with E-state index in [1.54, 1.807) is 0 Å². The monoisotopic (exact) mass is 379 g/mol. The van der Waals surface area contributed by atoms with Crippen LogP contribution in [-0.4, -0.2) is 19.9 Å². The topological polar surface area (TPSA) is 64.0 Å². The molecule has 2 aromatic heterocycles. The fourth-order valence-electron chi connectivity index (χ4n) is 2.54. The van der Waals surface area contributed by atoms with Gasteiger partial charge in [-0.05, 0) is 12.0 Å². The summed E-state index contributed by atoms with van der Waals surface area (Å²) in [6.07, 6.45) is 1.68. The number of thiophene rings is 1. The van der Waals surface area contributed by atoms with E-state index in [1.165, 1.54) is 17.7 Å². The van der Waals surface area contributed by atoms with Gasteiger partial charge in [0.05, 0.1) is 11.3 Å². The van der Waals surface area contributed by atoms with Crippen LogP contribution in [0.15, 0.2) is 46.8 Å². The summed E-state index contributed by atoms with van der Waals surface area (Å²) in [4.78, 5) is 29.8. The lowest BCUT2D eigenvalue weighted by molar-refractivity contribution is -0.118. The van der Waals surface area contributed by atoms with Crippen LogP contribution in [0.25, 0.3) is 21.3 Å². The molecular formula is C16H11Cl2N3O2S. The molecule has 24 heavy (non-hydrogen) atoms. The molecule has 1 unspecified atom stereocenters. The summed E-state index contributed by atoms with van der Waals surface area (Å²) in [7, 11) is 0. The molecule has 1 N–H and O–H groups in total. The van der Waals surface area contributed by atoms with Crippen molar-refractivity contribution in [2.75, 3.05) is 5.43 Å². The number of carbonyl (C=O) groups is 1. The number of alkyl halides is 2. The van der Waals surface area contributed by atoms with Crippen molar-refractivity contribution in [3.05, 3.63) is 52.4 Å².